The van der Waals surface area contributed by atoms with Gasteiger partial charge in [0, 0.05) is 18.1 Å². The van der Waals surface area contributed by atoms with Gasteiger partial charge in [0.05, 0.1) is 0 Å². The lowest BCUT2D eigenvalue weighted by Gasteiger charge is -2.29. The quantitative estimate of drug-likeness (QED) is 0.733. The first kappa shape index (κ1) is 15.4. The number of amides is 1. The average molecular weight is 229 g/mol. The van der Waals surface area contributed by atoms with E-state index in [1.54, 1.807) is 0 Å². The summed E-state index contributed by atoms with van der Waals surface area (Å²) in [5.74, 6) is 0.680. The maximum Gasteiger partial charge on any atom is 0.225 e. The van der Waals surface area contributed by atoms with Gasteiger partial charge in [-0.3, -0.25) is 4.79 Å². The van der Waals surface area contributed by atoms with E-state index in [9.17, 15) is 4.79 Å². The molecule has 0 aliphatic carbocycles. The Kier molecular flexibility index (Phi) is 6.01. The van der Waals surface area contributed by atoms with E-state index >= 15 is 0 Å². The molecule has 0 fully saturated rings. The number of carbonyl (C=O) groups excluding carboxylic acids is 1. The molecule has 0 rings (SSSR count). The van der Waals surface area contributed by atoms with E-state index in [1.807, 2.05) is 27.7 Å². The molecule has 3 nitrogen and oxygen atoms in total. The maximum absolute atomic E-state index is 12.0. The first-order valence-corrected chi connectivity index (χ1v) is 6.12. The topological polar surface area (TPSA) is 49.3 Å². The highest BCUT2D eigenvalue weighted by Gasteiger charge is 2.29. The summed E-state index contributed by atoms with van der Waals surface area (Å²) in [6, 6.07) is 0.0175. The fraction of sp³-hybridized carbons (Fsp3) is 0.923. The Morgan fingerprint density at radius 3 is 2.12 bits per heavy atom. The fourth-order valence-corrected chi connectivity index (χ4v) is 1.82. The molecule has 0 saturated heterocycles. The fourth-order valence-electron chi connectivity index (χ4n) is 1.82. The van der Waals surface area contributed by atoms with Crippen molar-refractivity contribution in [3.8, 4) is 0 Å². The first-order chi connectivity index (χ1) is 7.20. The Bertz CT molecular complexity index is 224. The van der Waals surface area contributed by atoms with Crippen molar-refractivity contribution in [2.75, 3.05) is 6.61 Å². The average Bonchev–Trinajstić information content (AvgIpc) is 2.14. The van der Waals surface area contributed by atoms with Crippen LogP contribution in [-0.4, -0.2) is 23.7 Å². The molecule has 0 spiro atoms. The predicted molar refractivity (Wildman–Crippen MR) is 67.1 cm³/mol. The Hall–Kier alpha value is -0.570. The van der Waals surface area contributed by atoms with Crippen molar-refractivity contribution in [1.29, 1.82) is 0 Å². The molecular weight excluding hydrogens is 202 g/mol. The lowest BCUT2D eigenvalue weighted by molar-refractivity contribution is -0.131. The second-order valence-electron chi connectivity index (χ2n) is 5.90. The van der Waals surface area contributed by atoms with Crippen molar-refractivity contribution in [2.24, 2.45) is 17.3 Å². The third-order valence-corrected chi connectivity index (χ3v) is 3.03. The van der Waals surface area contributed by atoms with E-state index in [0.29, 0.717) is 5.92 Å². The number of nitrogens with one attached hydrogen (secondary N) is 1. The summed E-state index contributed by atoms with van der Waals surface area (Å²) in [7, 11) is 0. The zero-order chi connectivity index (χ0) is 12.9. The highest BCUT2D eigenvalue weighted by Crippen LogP contribution is 2.25. The third-order valence-electron chi connectivity index (χ3n) is 3.03. The highest BCUT2D eigenvalue weighted by atomic mass is 16.3. The molecule has 0 bridgehead atoms. The summed E-state index contributed by atoms with van der Waals surface area (Å²) in [4.78, 5) is 12.0. The van der Waals surface area contributed by atoms with Gasteiger partial charge < -0.3 is 10.4 Å². The highest BCUT2D eigenvalue weighted by molar-refractivity contribution is 5.82. The number of rotatable bonds is 6. The third kappa shape index (κ3) is 4.97. The molecule has 0 aliphatic rings. The van der Waals surface area contributed by atoms with Crippen LogP contribution in [0.25, 0.3) is 0 Å². The van der Waals surface area contributed by atoms with Gasteiger partial charge in [-0.15, -0.1) is 0 Å². The van der Waals surface area contributed by atoms with Gasteiger partial charge in [0.2, 0.25) is 5.91 Å². The summed E-state index contributed by atoms with van der Waals surface area (Å²) in [5.41, 5.74) is -0.336. The number of aliphatic hydroxyl groups excluding tert-OH is 1. The summed E-state index contributed by atoms with van der Waals surface area (Å²) >= 11 is 0. The van der Waals surface area contributed by atoms with Crippen molar-refractivity contribution in [2.45, 2.75) is 54.0 Å². The van der Waals surface area contributed by atoms with Gasteiger partial charge >= 0.3 is 0 Å². The Morgan fingerprint density at radius 1 is 1.25 bits per heavy atom. The summed E-state index contributed by atoms with van der Waals surface area (Å²) in [6.45, 7) is 12.2. The van der Waals surface area contributed by atoms with Crippen LogP contribution in [0.4, 0.5) is 0 Å². The Morgan fingerprint density at radius 2 is 1.75 bits per heavy atom. The van der Waals surface area contributed by atoms with Crippen molar-refractivity contribution < 1.29 is 9.90 Å². The molecule has 96 valence electrons. The molecule has 0 aromatic heterocycles. The first-order valence-electron chi connectivity index (χ1n) is 6.12. The van der Waals surface area contributed by atoms with Crippen LogP contribution in [0.5, 0.6) is 0 Å². The van der Waals surface area contributed by atoms with Crippen molar-refractivity contribution in [1.82, 2.24) is 5.32 Å². The summed E-state index contributed by atoms with van der Waals surface area (Å²) in [6.07, 6.45) is 0.874. The van der Waals surface area contributed by atoms with Gasteiger partial charge in [-0.1, -0.05) is 34.6 Å². The van der Waals surface area contributed by atoms with Crippen molar-refractivity contribution in [3.63, 3.8) is 0 Å². The second-order valence-corrected chi connectivity index (χ2v) is 5.90. The van der Waals surface area contributed by atoms with Crippen LogP contribution >= 0.6 is 0 Å². The molecule has 3 heteroatoms. The van der Waals surface area contributed by atoms with Gasteiger partial charge in [-0.05, 0) is 25.2 Å². The summed E-state index contributed by atoms with van der Waals surface area (Å²) < 4.78 is 0. The monoisotopic (exact) mass is 229 g/mol. The van der Waals surface area contributed by atoms with Gasteiger partial charge in [-0.2, -0.15) is 0 Å². The molecule has 2 N–H and O–H groups in total. The minimum Gasteiger partial charge on any atom is -0.396 e. The number of hydrogen-bond acceptors (Lipinski definition) is 2. The molecule has 2 atom stereocenters. The lowest BCUT2D eigenvalue weighted by atomic mass is 9.82. The lowest BCUT2D eigenvalue weighted by Crippen LogP contribution is -2.45. The minimum absolute atomic E-state index is 0.0175. The van der Waals surface area contributed by atoms with E-state index in [1.165, 1.54) is 0 Å². The second kappa shape index (κ2) is 6.24. The van der Waals surface area contributed by atoms with Crippen LogP contribution in [0.2, 0.25) is 0 Å². The van der Waals surface area contributed by atoms with Gasteiger partial charge in [0.15, 0.2) is 0 Å². The van der Waals surface area contributed by atoms with Crippen LogP contribution in [0.3, 0.4) is 0 Å². The van der Waals surface area contributed by atoms with Gasteiger partial charge in [0.1, 0.15) is 0 Å². The summed E-state index contributed by atoms with van der Waals surface area (Å²) in [5, 5.41) is 12.0. The molecule has 0 heterocycles. The zero-order valence-electron chi connectivity index (χ0n) is 11.5. The molecule has 1 amide bonds. The van der Waals surface area contributed by atoms with Crippen LogP contribution in [0, 0.1) is 17.3 Å². The predicted octanol–water partition coefficient (Wildman–Crippen LogP) is 2.19. The molecule has 0 aromatic rings. The standard InChI is InChI=1S/C13H27NO2/c1-9(2)7-13(5,6)12(16)14-11(4)10(3)8-15/h9-11,15H,7-8H2,1-6H3,(H,14,16). The van der Waals surface area contributed by atoms with E-state index in [4.69, 9.17) is 5.11 Å². The Labute approximate surface area is 99.6 Å². The number of aliphatic hydroxyl groups is 1. The van der Waals surface area contributed by atoms with E-state index < -0.39 is 0 Å². The van der Waals surface area contributed by atoms with E-state index in [2.05, 4.69) is 19.2 Å². The van der Waals surface area contributed by atoms with Crippen LogP contribution in [-0.2, 0) is 4.79 Å². The van der Waals surface area contributed by atoms with Crippen LogP contribution in [0.15, 0.2) is 0 Å². The van der Waals surface area contributed by atoms with E-state index in [0.717, 1.165) is 6.42 Å². The van der Waals surface area contributed by atoms with Crippen molar-refractivity contribution in [3.05, 3.63) is 0 Å². The molecule has 16 heavy (non-hydrogen) atoms. The zero-order valence-corrected chi connectivity index (χ0v) is 11.5. The van der Waals surface area contributed by atoms with Crippen molar-refractivity contribution >= 4 is 5.91 Å². The SMILES string of the molecule is CC(C)CC(C)(C)C(=O)NC(C)C(C)CO. The molecule has 0 aromatic carbocycles. The Balaban J connectivity index is 4.34. The van der Waals surface area contributed by atoms with Crippen LogP contribution in [0.1, 0.15) is 48.0 Å². The molecular formula is C13H27NO2. The number of carbonyl (C=O) groups is 1. The molecule has 0 aliphatic heterocycles. The normalized spacial score (nSPS) is 16.0. The van der Waals surface area contributed by atoms with Crippen LogP contribution < -0.4 is 5.32 Å². The largest absolute Gasteiger partial charge is 0.396 e. The molecule has 2 unspecified atom stereocenters. The molecule has 0 saturated carbocycles. The van der Waals surface area contributed by atoms with Gasteiger partial charge in [0.25, 0.3) is 0 Å². The smallest absolute Gasteiger partial charge is 0.225 e. The maximum atomic E-state index is 12.0. The molecule has 0 radical (unpaired) electrons. The number of hydrogen-bond donors (Lipinski definition) is 2. The van der Waals surface area contributed by atoms with E-state index in [-0.39, 0.29) is 29.9 Å². The minimum atomic E-state index is -0.336. The van der Waals surface area contributed by atoms with Gasteiger partial charge in [-0.25, -0.2) is 0 Å².